The highest BCUT2D eigenvalue weighted by atomic mass is 16.3. The van der Waals surface area contributed by atoms with Crippen molar-refractivity contribution in [1.82, 2.24) is 43.6 Å². The van der Waals surface area contributed by atoms with Gasteiger partial charge in [0.15, 0.2) is 17.5 Å². The number of rotatable bonds is 14. The van der Waals surface area contributed by atoms with Crippen molar-refractivity contribution in [3.05, 3.63) is 504 Å². The van der Waals surface area contributed by atoms with Gasteiger partial charge in [-0.1, -0.05) is 382 Å². The Kier molecular flexibility index (Phi) is 20.6. The summed E-state index contributed by atoms with van der Waals surface area (Å²) in [7, 11) is 0. The van der Waals surface area contributed by atoms with Crippen molar-refractivity contribution in [1.29, 1.82) is 0 Å². The maximum Gasteiger partial charge on any atom is 0.231 e. The van der Waals surface area contributed by atoms with Crippen molar-refractivity contribution < 1.29 is 13.3 Å². The summed E-state index contributed by atoms with van der Waals surface area (Å²) in [6.07, 6.45) is 0. The third kappa shape index (κ3) is 14.7. The van der Waals surface area contributed by atoms with E-state index in [0.29, 0.717) is 34.6 Å². The Labute approximate surface area is 826 Å². The summed E-state index contributed by atoms with van der Waals surface area (Å²) >= 11 is 0. The van der Waals surface area contributed by atoms with Crippen LogP contribution in [0, 0.1) is 0 Å². The van der Waals surface area contributed by atoms with E-state index in [1.165, 1.54) is 87.7 Å². The second-order valence-corrected chi connectivity index (χ2v) is 36.2. The number of fused-ring (bicyclic) bond motifs is 18. The van der Waals surface area contributed by atoms with Crippen LogP contribution in [-0.4, -0.2) is 43.6 Å². The number of aromatic nitrogens is 9. The van der Waals surface area contributed by atoms with Crippen LogP contribution in [0.4, 0.5) is 0 Å². The molecule has 674 valence electrons. The molecule has 0 N–H and O–H groups in total. The summed E-state index contributed by atoms with van der Waals surface area (Å²) in [5.41, 5.74) is 34.7. The predicted molar refractivity (Wildman–Crippen MR) is 591 cm³/mol. The van der Waals surface area contributed by atoms with Gasteiger partial charge >= 0.3 is 0 Å². The lowest BCUT2D eigenvalue weighted by molar-refractivity contribution is 0.653. The minimum Gasteiger partial charge on any atom is -0.438 e. The van der Waals surface area contributed by atoms with Gasteiger partial charge in [0.25, 0.3) is 0 Å². The monoisotopic (exact) mass is 1840 g/mol. The molecule has 0 fully saturated rings. The molecule has 0 aliphatic rings. The molecule has 29 rings (SSSR count). The van der Waals surface area contributed by atoms with Gasteiger partial charge in [-0.2, -0.15) is 15.0 Å². The summed E-state index contributed by atoms with van der Waals surface area (Å²) in [5, 5.41) is 13.2. The van der Waals surface area contributed by atoms with E-state index in [1.54, 1.807) is 0 Å². The molecule has 0 bridgehead atoms. The molecular formula is C132H83N9O3. The second-order valence-electron chi connectivity index (χ2n) is 36.2. The van der Waals surface area contributed by atoms with Gasteiger partial charge in [-0.25, -0.2) is 15.0 Å². The molecule has 20 aromatic carbocycles. The highest BCUT2D eigenvalue weighted by molar-refractivity contribution is 6.21. The van der Waals surface area contributed by atoms with E-state index in [0.717, 1.165) is 150 Å². The zero-order chi connectivity index (χ0) is 95.1. The molecule has 9 heterocycles. The van der Waals surface area contributed by atoms with Gasteiger partial charge in [0.1, 0.15) is 16.7 Å². The average molecular weight is 1840 g/mol. The van der Waals surface area contributed by atoms with Crippen LogP contribution in [0.5, 0.6) is 0 Å². The molecule has 0 aliphatic carbocycles. The maximum absolute atomic E-state index is 6.34. The van der Waals surface area contributed by atoms with E-state index < -0.39 is 0 Å². The number of furan rings is 3. The summed E-state index contributed by atoms with van der Waals surface area (Å²) in [4.78, 5) is 30.5. The standard InChI is InChI=1S/2C46H29N3O.C40H25N3O/c1-4-14-30(15-5-1)32-26-27-39-38(29-32)42-36(23-13-24-40(42)49(39)35-20-8-3-9-21-35)33-18-12-19-34(28-33)45-47-44(31-16-6-2-7-17-31)43-37-22-10-11-25-41(37)50-46(43)48-45;1-3-14-30(15-4-1)44-43-38-23-8-10-27-41(38)50-46(43)48-45(47-44)34-19-12-17-32(29-34)31-16-11-18-33(28-31)36-24-13-26-40-42(36)37-22-7-9-25-39(37)49(40)35-20-5-2-6-21-35;1-3-13-26(14-4-1)39-41-38(37-32-20-8-10-24-35(32)44-40(37)42-39)28-16-11-15-27(25-28)30-21-12-23-34-36(30)31-19-7-9-22-33(31)43(34)29-17-5-2-6-18-29/h2*1-29H;1-25H. The van der Waals surface area contributed by atoms with Gasteiger partial charge in [0.2, 0.25) is 17.1 Å². The Bertz CT molecular complexity index is 10000. The molecule has 0 aliphatic heterocycles. The molecule has 0 saturated carbocycles. The van der Waals surface area contributed by atoms with Crippen LogP contribution in [0.2, 0.25) is 0 Å². The lowest BCUT2D eigenvalue weighted by Crippen LogP contribution is -1.94. The van der Waals surface area contributed by atoms with Crippen molar-refractivity contribution >= 4 is 132 Å². The second kappa shape index (κ2) is 35.5. The third-order valence-corrected chi connectivity index (χ3v) is 27.7. The van der Waals surface area contributed by atoms with Crippen LogP contribution >= 0.6 is 0 Å². The first-order valence-corrected chi connectivity index (χ1v) is 48.4. The first-order valence-electron chi connectivity index (χ1n) is 48.4. The SMILES string of the molecule is c1ccc(-c2ccc3c(c2)c2c(-c4cccc(-c5nc(-c6ccccc6)c6c(n5)oc5ccccc56)c4)cccc2n3-c2ccccc2)cc1.c1ccc(-c2nc(-c3cccc(-c4cccc(-c5cccc6c5c5ccccc5n6-c5ccccc5)c4)c3)nc3oc4ccccc4c23)cc1.c1ccc(-c2nc(-c3cccc(-c4cccc5c4c4ccccc4n5-c4ccccc4)c3)c3c(n2)oc2ccccc23)cc1. The fraction of sp³-hybridized carbons (Fsp3) is 0. The van der Waals surface area contributed by atoms with Crippen molar-refractivity contribution in [3.8, 4) is 141 Å². The molecule has 144 heavy (non-hydrogen) atoms. The number of benzene rings is 20. The van der Waals surface area contributed by atoms with Crippen molar-refractivity contribution in [3.63, 3.8) is 0 Å². The smallest absolute Gasteiger partial charge is 0.231 e. The Morgan fingerprint density at radius 1 is 0.146 bits per heavy atom. The third-order valence-electron chi connectivity index (χ3n) is 27.7. The first-order chi connectivity index (χ1) is 71.4. The van der Waals surface area contributed by atoms with E-state index in [4.69, 9.17) is 43.2 Å². The summed E-state index contributed by atoms with van der Waals surface area (Å²) in [6.45, 7) is 0. The zero-order valence-corrected chi connectivity index (χ0v) is 77.7. The average Bonchev–Trinajstić information content (AvgIpc) is 1.57. The number of nitrogens with zero attached hydrogens (tertiary/aromatic N) is 9. The van der Waals surface area contributed by atoms with Gasteiger partial charge in [-0.3, -0.25) is 0 Å². The molecule has 0 spiro atoms. The van der Waals surface area contributed by atoms with E-state index in [9.17, 15) is 0 Å². The summed E-state index contributed by atoms with van der Waals surface area (Å²) in [5.74, 6) is 1.90. The van der Waals surface area contributed by atoms with E-state index in [-0.39, 0.29) is 0 Å². The van der Waals surface area contributed by atoms with Crippen LogP contribution in [-0.2, 0) is 0 Å². The molecule has 12 heteroatoms. The van der Waals surface area contributed by atoms with Gasteiger partial charge in [0.05, 0.1) is 66.3 Å². The molecule has 0 radical (unpaired) electrons. The molecule has 0 atom stereocenters. The van der Waals surface area contributed by atoms with Crippen LogP contribution in [0.25, 0.3) is 272 Å². The van der Waals surface area contributed by atoms with Crippen molar-refractivity contribution in [2.75, 3.05) is 0 Å². The van der Waals surface area contributed by atoms with E-state index >= 15 is 0 Å². The predicted octanol–water partition coefficient (Wildman–Crippen LogP) is 34.8. The van der Waals surface area contributed by atoms with E-state index in [1.807, 2.05) is 121 Å². The Morgan fingerprint density at radius 2 is 0.403 bits per heavy atom. The lowest BCUT2D eigenvalue weighted by Gasteiger charge is -2.11. The molecule has 0 unspecified atom stereocenters. The van der Waals surface area contributed by atoms with Crippen LogP contribution in [0.1, 0.15) is 0 Å². The Balaban J connectivity index is 0.000000108. The Morgan fingerprint density at radius 3 is 0.806 bits per heavy atom. The van der Waals surface area contributed by atoms with Gasteiger partial charge in [0, 0.05) is 98.9 Å². The first kappa shape index (κ1) is 83.8. The fourth-order valence-electron chi connectivity index (χ4n) is 21.2. The minimum absolute atomic E-state index is 0.585. The minimum atomic E-state index is 0.585. The number of para-hydroxylation sites is 8. The molecule has 0 saturated heterocycles. The highest BCUT2D eigenvalue weighted by Gasteiger charge is 2.27. The van der Waals surface area contributed by atoms with Crippen LogP contribution in [0.15, 0.2) is 517 Å². The largest absolute Gasteiger partial charge is 0.438 e. The highest BCUT2D eigenvalue weighted by Crippen LogP contribution is 2.48. The summed E-state index contributed by atoms with van der Waals surface area (Å²) < 4.78 is 26.0. The van der Waals surface area contributed by atoms with Crippen molar-refractivity contribution in [2.45, 2.75) is 0 Å². The summed E-state index contributed by atoms with van der Waals surface area (Å²) in [6, 6.07) is 176. The molecular weight excluding hydrogens is 1760 g/mol. The maximum atomic E-state index is 6.34. The lowest BCUT2D eigenvalue weighted by atomic mass is 9.95. The number of hydrogen-bond acceptors (Lipinski definition) is 9. The number of hydrogen-bond donors (Lipinski definition) is 0. The van der Waals surface area contributed by atoms with Gasteiger partial charge in [-0.15, -0.1) is 0 Å². The van der Waals surface area contributed by atoms with E-state index in [2.05, 4.69) is 396 Å². The quantitative estimate of drug-likeness (QED) is 0.104. The molecule has 9 aromatic heterocycles. The van der Waals surface area contributed by atoms with Crippen LogP contribution in [0.3, 0.4) is 0 Å². The fourth-order valence-corrected chi connectivity index (χ4v) is 21.2. The van der Waals surface area contributed by atoms with Gasteiger partial charge < -0.3 is 27.0 Å². The Hall–Kier alpha value is -19.6. The molecule has 29 aromatic rings. The van der Waals surface area contributed by atoms with Crippen LogP contribution < -0.4 is 0 Å². The van der Waals surface area contributed by atoms with Gasteiger partial charge in [-0.05, 0) is 177 Å². The zero-order valence-electron chi connectivity index (χ0n) is 77.7. The molecule has 0 amide bonds. The molecule has 12 nitrogen and oxygen atoms in total. The topological polar surface area (TPSA) is 132 Å². The normalized spacial score (nSPS) is 11.6. The van der Waals surface area contributed by atoms with Crippen molar-refractivity contribution in [2.24, 2.45) is 0 Å².